The van der Waals surface area contributed by atoms with Gasteiger partial charge in [0.1, 0.15) is 0 Å². The Morgan fingerprint density at radius 1 is 1.14 bits per heavy atom. The molecule has 1 amide bonds. The van der Waals surface area contributed by atoms with Gasteiger partial charge in [0, 0.05) is 30.5 Å². The number of carbonyl (C=O) groups excluding carboxylic acids is 1. The zero-order valence-corrected chi connectivity index (χ0v) is 13.6. The van der Waals surface area contributed by atoms with Crippen molar-refractivity contribution < 1.29 is 4.79 Å². The van der Waals surface area contributed by atoms with E-state index in [9.17, 15) is 4.79 Å². The maximum Gasteiger partial charge on any atom is 0.261 e. The third kappa shape index (κ3) is 4.02. The molecule has 0 spiro atoms. The second-order valence-electron chi connectivity index (χ2n) is 4.87. The van der Waals surface area contributed by atoms with Crippen LogP contribution in [0.25, 0.3) is 0 Å². The first kappa shape index (κ1) is 14.9. The van der Waals surface area contributed by atoms with Crippen molar-refractivity contribution in [3.63, 3.8) is 0 Å². The van der Waals surface area contributed by atoms with Gasteiger partial charge in [0.25, 0.3) is 5.91 Å². The van der Waals surface area contributed by atoms with Gasteiger partial charge in [-0.05, 0) is 17.0 Å². The smallest absolute Gasteiger partial charge is 0.261 e. The predicted molar refractivity (Wildman–Crippen MR) is 91.7 cm³/mol. The van der Waals surface area contributed by atoms with E-state index in [0.717, 1.165) is 22.7 Å². The average Bonchev–Trinajstić information content (AvgIpc) is 3.20. The average molecular weight is 328 g/mol. The van der Waals surface area contributed by atoms with Gasteiger partial charge >= 0.3 is 0 Å². The molecule has 5 heteroatoms. The van der Waals surface area contributed by atoms with Crippen LogP contribution in [0.2, 0.25) is 0 Å². The topological polar surface area (TPSA) is 42.0 Å². The van der Waals surface area contributed by atoms with Crippen LogP contribution in [0.1, 0.15) is 25.1 Å². The van der Waals surface area contributed by atoms with Crippen molar-refractivity contribution in [1.82, 2.24) is 10.3 Å². The molecule has 0 bridgehead atoms. The van der Waals surface area contributed by atoms with E-state index in [1.807, 2.05) is 29.8 Å². The number of aromatic nitrogens is 1. The van der Waals surface area contributed by atoms with Crippen molar-refractivity contribution in [3.8, 4) is 0 Å². The van der Waals surface area contributed by atoms with E-state index in [2.05, 4.69) is 34.6 Å². The van der Waals surface area contributed by atoms with Gasteiger partial charge in [0.15, 0.2) is 0 Å². The number of carbonyl (C=O) groups is 1. The lowest BCUT2D eigenvalue weighted by molar-refractivity contribution is 0.0958. The third-order valence-corrected chi connectivity index (χ3v) is 5.12. The summed E-state index contributed by atoms with van der Waals surface area (Å²) < 4.78 is 0. The largest absolute Gasteiger partial charge is 0.351 e. The molecule has 0 aliphatic heterocycles. The monoisotopic (exact) mass is 328 g/mol. The number of amides is 1. The Bertz CT molecular complexity index is 720. The highest BCUT2D eigenvalue weighted by molar-refractivity contribution is 7.12. The van der Waals surface area contributed by atoms with Crippen molar-refractivity contribution in [3.05, 3.63) is 74.4 Å². The summed E-state index contributed by atoms with van der Waals surface area (Å²) in [5.41, 5.74) is 1.30. The normalized spacial score (nSPS) is 10.5. The van der Waals surface area contributed by atoms with E-state index in [1.54, 1.807) is 11.3 Å². The van der Waals surface area contributed by atoms with Gasteiger partial charge in [-0.1, -0.05) is 36.4 Å². The molecule has 2 aromatic heterocycles. The Balaban J connectivity index is 1.49. The molecule has 3 aromatic rings. The third-order valence-electron chi connectivity index (χ3n) is 3.19. The molecule has 0 saturated heterocycles. The molecule has 1 aromatic carbocycles. The lowest BCUT2D eigenvalue weighted by Gasteiger charge is -2.01. The Hall–Kier alpha value is -1.98. The van der Waals surface area contributed by atoms with Gasteiger partial charge in [-0.3, -0.25) is 4.79 Å². The number of benzene rings is 1. The fraction of sp³-hybridized carbons (Fsp3) is 0.176. The molecule has 2 heterocycles. The summed E-state index contributed by atoms with van der Waals surface area (Å²) in [4.78, 5) is 18.3. The van der Waals surface area contributed by atoms with E-state index in [1.165, 1.54) is 21.8 Å². The number of nitrogens with zero attached hydrogens (tertiary/aromatic N) is 1. The molecule has 0 fully saturated rings. The lowest BCUT2D eigenvalue weighted by Crippen LogP contribution is -2.24. The number of rotatable bonds is 6. The molecule has 1 N–H and O–H groups in total. The molecule has 22 heavy (non-hydrogen) atoms. The highest BCUT2D eigenvalue weighted by Gasteiger charge is 2.07. The second kappa shape index (κ2) is 7.33. The van der Waals surface area contributed by atoms with Crippen LogP contribution < -0.4 is 5.32 Å². The van der Waals surface area contributed by atoms with Crippen LogP contribution in [0.4, 0.5) is 0 Å². The number of hydrogen-bond donors (Lipinski definition) is 1. The fourth-order valence-electron chi connectivity index (χ4n) is 2.12. The zero-order valence-electron chi connectivity index (χ0n) is 12.0. The van der Waals surface area contributed by atoms with Crippen LogP contribution >= 0.6 is 22.7 Å². The molecule has 3 nitrogen and oxygen atoms in total. The Morgan fingerprint density at radius 3 is 2.77 bits per heavy atom. The minimum Gasteiger partial charge on any atom is -0.351 e. The van der Waals surface area contributed by atoms with Crippen molar-refractivity contribution in [2.24, 2.45) is 0 Å². The highest BCUT2D eigenvalue weighted by Crippen LogP contribution is 2.17. The first-order valence-corrected chi connectivity index (χ1v) is 8.80. The Labute approximate surface area is 137 Å². The van der Waals surface area contributed by atoms with Gasteiger partial charge < -0.3 is 5.32 Å². The van der Waals surface area contributed by atoms with Crippen LogP contribution in [-0.4, -0.2) is 17.4 Å². The van der Waals surface area contributed by atoms with Gasteiger partial charge in [-0.25, -0.2) is 4.98 Å². The SMILES string of the molecule is O=C(NCCc1ncc(Cc2ccccc2)s1)c1cccs1. The highest BCUT2D eigenvalue weighted by atomic mass is 32.1. The molecule has 0 atom stereocenters. The van der Waals surface area contributed by atoms with Crippen molar-refractivity contribution in [2.45, 2.75) is 12.8 Å². The standard InChI is InChI=1S/C17H16N2OS2/c20-17(15-7-4-10-21-15)18-9-8-16-19-12-14(22-16)11-13-5-2-1-3-6-13/h1-7,10,12H,8-9,11H2,(H,18,20). The van der Waals surface area contributed by atoms with Crippen LogP contribution in [0, 0.1) is 0 Å². The van der Waals surface area contributed by atoms with Gasteiger partial charge in [-0.15, -0.1) is 22.7 Å². The number of hydrogen-bond acceptors (Lipinski definition) is 4. The van der Waals surface area contributed by atoms with Crippen molar-refractivity contribution in [1.29, 1.82) is 0 Å². The maximum atomic E-state index is 11.8. The first-order chi connectivity index (χ1) is 10.8. The van der Waals surface area contributed by atoms with Gasteiger partial charge in [0.2, 0.25) is 0 Å². The van der Waals surface area contributed by atoms with Gasteiger partial charge in [0.05, 0.1) is 9.88 Å². The van der Waals surface area contributed by atoms with E-state index in [4.69, 9.17) is 0 Å². The molecule has 0 radical (unpaired) electrons. The fourth-order valence-corrected chi connectivity index (χ4v) is 3.72. The number of nitrogens with one attached hydrogen (secondary N) is 1. The minimum atomic E-state index is -0.00364. The molecule has 0 aliphatic carbocycles. The molecule has 3 rings (SSSR count). The van der Waals surface area contributed by atoms with E-state index < -0.39 is 0 Å². The van der Waals surface area contributed by atoms with Crippen LogP contribution in [-0.2, 0) is 12.8 Å². The predicted octanol–water partition coefficient (Wildman–Crippen LogP) is 3.77. The maximum absolute atomic E-state index is 11.8. The summed E-state index contributed by atoms with van der Waals surface area (Å²) in [6.07, 6.45) is 3.63. The molecule has 0 saturated carbocycles. The summed E-state index contributed by atoms with van der Waals surface area (Å²) in [6, 6.07) is 14.1. The lowest BCUT2D eigenvalue weighted by atomic mass is 10.1. The molecule has 112 valence electrons. The van der Waals surface area contributed by atoms with Crippen LogP contribution in [0.15, 0.2) is 54.0 Å². The zero-order chi connectivity index (χ0) is 15.2. The second-order valence-corrected chi connectivity index (χ2v) is 7.01. The van der Waals surface area contributed by atoms with Crippen molar-refractivity contribution >= 4 is 28.6 Å². The quantitative estimate of drug-likeness (QED) is 0.748. The number of thiazole rings is 1. The first-order valence-electron chi connectivity index (χ1n) is 7.10. The summed E-state index contributed by atoms with van der Waals surface area (Å²) in [6.45, 7) is 0.620. The van der Waals surface area contributed by atoms with E-state index in [0.29, 0.717) is 6.54 Å². The summed E-state index contributed by atoms with van der Waals surface area (Å²) in [5.74, 6) is -0.00364. The van der Waals surface area contributed by atoms with E-state index in [-0.39, 0.29) is 5.91 Å². The molecular weight excluding hydrogens is 312 g/mol. The van der Waals surface area contributed by atoms with E-state index >= 15 is 0 Å². The summed E-state index contributed by atoms with van der Waals surface area (Å²) in [7, 11) is 0. The Morgan fingerprint density at radius 2 is 2.00 bits per heavy atom. The molecular formula is C17H16N2OS2. The molecule has 0 unspecified atom stereocenters. The van der Waals surface area contributed by atoms with Crippen LogP contribution in [0.5, 0.6) is 0 Å². The summed E-state index contributed by atoms with van der Waals surface area (Å²) in [5, 5.41) is 5.91. The van der Waals surface area contributed by atoms with Crippen LogP contribution in [0.3, 0.4) is 0 Å². The van der Waals surface area contributed by atoms with Crippen molar-refractivity contribution in [2.75, 3.05) is 6.54 Å². The number of thiophene rings is 1. The van der Waals surface area contributed by atoms with Gasteiger partial charge in [-0.2, -0.15) is 0 Å². The minimum absolute atomic E-state index is 0.00364. The Kier molecular flexibility index (Phi) is 4.98. The molecule has 0 aliphatic rings. The summed E-state index contributed by atoms with van der Waals surface area (Å²) >= 11 is 3.17.